The quantitative estimate of drug-likeness (QED) is 0.944. The molecule has 0 radical (unpaired) electrons. The third-order valence-electron chi connectivity index (χ3n) is 3.18. The summed E-state index contributed by atoms with van der Waals surface area (Å²) in [5, 5.41) is 13.6. The molecule has 0 saturated carbocycles. The minimum Gasteiger partial charge on any atom is -0.406 e. The molecular weight excluding hydrogens is 285 g/mol. The maximum Gasteiger partial charge on any atom is 0.573 e. The summed E-state index contributed by atoms with van der Waals surface area (Å²) in [6, 6.07) is 5.63. The van der Waals surface area contributed by atoms with Gasteiger partial charge in [-0.25, -0.2) is 0 Å². The molecule has 2 aromatic rings. The van der Waals surface area contributed by atoms with Gasteiger partial charge in [0, 0.05) is 11.3 Å². The highest BCUT2D eigenvalue weighted by Gasteiger charge is 2.30. The molecule has 0 saturated heterocycles. The van der Waals surface area contributed by atoms with Crippen LogP contribution in [-0.2, 0) is 13.2 Å². The van der Waals surface area contributed by atoms with Crippen LogP contribution in [0.4, 0.5) is 13.2 Å². The molecule has 7 heteroatoms. The smallest absolute Gasteiger partial charge is 0.406 e. The standard InChI is InChI=1S/C14H15F3N2O2/c1-9-13(8-20)10(2)19(18-9)7-11-3-5-12(6-4-11)21-14(15,16)17/h3-6,20H,7-8H2,1-2H3. The second kappa shape index (κ2) is 5.77. The van der Waals surface area contributed by atoms with Gasteiger partial charge in [-0.05, 0) is 31.5 Å². The summed E-state index contributed by atoms with van der Waals surface area (Å²) >= 11 is 0. The van der Waals surface area contributed by atoms with Crippen LogP contribution in [0.5, 0.6) is 5.75 Å². The molecule has 114 valence electrons. The van der Waals surface area contributed by atoms with Gasteiger partial charge in [-0.1, -0.05) is 12.1 Å². The van der Waals surface area contributed by atoms with Crippen LogP contribution in [0, 0.1) is 13.8 Å². The Balaban J connectivity index is 2.14. The average molecular weight is 300 g/mol. The van der Waals surface area contributed by atoms with Crippen molar-refractivity contribution in [3.63, 3.8) is 0 Å². The summed E-state index contributed by atoms with van der Waals surface area (Å²) in [5.41, 5.74) is 3.14. The van der Waals surface area contributed by atoms with E-state index < -0.39 is 6.36 Å². The molecule has 0 unspecified atom stereocenters. The zero-order valence-corrected chi connectivity index (χ0v) is 11.6. The molecule has 1 heterocycles. The zero-order valence-electron chi connectivity index (χ0n) is 11.6. The predicted molar refractivity (Wildman–Crippen MR) is 69.9 cm³/mol. The van der Waals surface area contributed by atoms with E-state index in [2.05, 4.69) is 9.84 Å². The van der Waals surface area contributed by atoms with Crippen LogP contribution in [0.3, 0.4) is 0 Å². The number of aliphatic hydroxyl groups excluding tert-OH is 1. The largest absolute Gasteiger partial charge is 0.573 e. The number of rotatable bonds is 4. The van der Waals surface area contributed by atoms with Crippen molar-refractivity contribution in [1.29, 1.82) is 0 Å². The minimum absolute atomic E-state index is 0.0873. The Morgan fingerprint density at radius 1 is 1.19 bits per heavy atom. The van der Waals surface area contributed by atoms with Gasteiger partial charge in [0.25, 0.3) is 0 Å². The summed E-state index contributed by atoms with van der Waals surface area (Å²) in [7, 11) is 0. The van der Waals surface area contributed by atoms with Crippen LogP contribution in [0.2, 0.25) is 0 Å². The Morgan fingerprint density at radius 3 is 2.29 bits per heavy atom. The number of aliphatic hydroxyl groups is 1. The molecule has 0 fully saturated rings. The van der Waals surface area contributed by atoms with Crippen molar-refractivity contribution in [2.75, 3.05) is 0 Å². The molecule has 21 heavy (non-hydrogen) atoms. The number of aromatic nitrogens is 2. The normalized spacial score (nSPS) is 11.7. The average Bonchev–Trinajstić information content (AvgIpc) is 2.65. The van der Waals surface area contributed by atoms with Crippen LogP contribution in [0.25, 0.3) is 0 Å². The molecular formula is C14H15F3N2O2. The van der Waals surface area contributed by atoms with E-state index in [4.69, 9.17) is 0 Å². The first-order chi connectivity index (χ1) is 9.80. The van der Waals surface area contributed by atoms with Crippen molar-refractivity contribution >= 4 is 0 Å². The van der Waals surface area contributed by atoms with E-state index in [-0.39, 0.29) is 12.4 Å². The van der Waals surface area contributed by atoms with Crippen molar-refractivity contribution < 1.29 is 23.0 Å². The molecule has 0 aliphatic heterocycles. The minimum atomic E-state index is -4.69. The molecule has 0 spiro atoms. The summed E-state index contributed by atoms with van der Waals surface area (Å²) in [5.74, 6) is -0.254. The van der Waals surface area contributed by atoms with Gasteiger partial charge < -0.3 is 9.84 Å². The van der Waals surface area contributed by atoms with Crippen LogP contribution >= 0.6 is 0 Å². The summed E-state index contributed by atoms with van der Waals surface area (Å²) < 4.78 is 41.7. The maximum atomic E-state index is 12.1. The van der Waals surface area contributed by atoms with Gasteiger partial charge in [0.15, 0.2) is 0 Å². The van der Waals surface area contributed by atoms with Crippen molar-refractivity contribution in [1.82, 2.24) is 9.78 Å². The third-order valence-corrected chi connectivity index (χ3v) is 3.18. The van der Waals surface area contributed by atoms with Crippen LogP contribution < -0.4 is 4.74 Å². The Kier molecular flexibility index (Phi) is 4.22. The summed E-state index contributed by atoms with van der Waals surface area (Å²) in [6.45, 7) is 3.97. The SMILES string of the molecule is Cc1nn(Cc2ccc(OC(F)(F)F)cc2)c(C)c1CO. The highest BCUT2D eigenvalue weighted by molar-refractivity contribution is 5.29. The van der Waals surface area contributed by atoms with Gasteiger partial charge in [-0.2, -0.15) is 5.10 Å². The lowest BCUT2D eigenvalue weighted by atomic mass is 10.2. The third kappa shape index (κ3) is 3.75. The van der Waals surface area contributed by atoms with E-state index in [0.29, 0.717) is 6.54 Å². The van der Waals surface area contributed by atoms with Crippen LogP contribution in [0.1, 0.15) is 22.5 Å². The molecule has 1 N–H and O–H groups in total. The topological polar surface area (TPSA) is 47.3 Å². The van der Waals surface area contributed by atoms with E-state index in [1.165, 1.54) is 12.1 Å². The number of alkyl halides is 3. The Hall–Kier alpha value is -2.02. The van der Waals surface area contributed by atoms with Gasteiger partial charge in [0.1, 0.15) is 5.75 Å². The predicted octanol–water partition coefficient (Wildman–Crippen LogP) is 2.94. The first kappa shape index (κ1) is 15.4. The first-order valence-corrected chi connectivity index (χ1v) is 6.28. The van der Waals surface area contributed by atoms with E-state index >= 15 is 0 Å². The molecule has 0 atom stereocenters. The van der Waals surface area contributed by atoms with Crippen LogP contribution in [-0.4, -0.2) is 21.2 Å². The lowest BCUT2D eigenvalue weighted by Crippen LogP contribution is -2.17. The number of hydrogen-bond acceptors (Lipinski definition) is 3. The molecule has 2 rings (SSSR count). The van der Waals surface area contributed by atoms with E-state index in [1.807, 2.05) is 6.92 Å². The maximum absolute atomic E-state index is 12.1. The number of ether oxygens (including phenoxy) is 1. The monoisotopic (exact) mass is 300 g/mol. The Labute approximate surface area is 119 Å². The van der Waals surface area contributed by atoms with Crippen molar-refractivity contribution in [3.8, 4) is 5.75 Å². The van der Waals surface area contributed by atoms with Crippen LogP contribution in [0.15, 0.2) is 24.3 Å². The van der Waals surface area contributed by atoms with E-state index in [1.54, 1.807) is 23.7 Å². The molecule has 0 aliphatic carbocycles. The highest BCUT2D eigenvalue weighted by Crippen LogP contribution is 2.23. The summed E-state index contributed by atoms with van der Waals surface area (Å²) in [6.07, 6.45) is -4.69. The lowest BCUT2D eigenvalue weighted by molar-refractivity contribution is -0.274. The lowest BCUT2D eigenvalue weighted by Gasteiger charge is -2.10. The van der Waals surface area contributed by atoms with E-state index in [9.17, 15) is 18.3 Å². The second-order valence-corrected chi connectivity index (χ2v) is 4.66. The fourth-order valence-electron chi connectivity index (χ4n) is 2.09. The Morgan fingerprint density at radius 2 is 1.81 bits per heavy atom. The number of halogens is 3. The molecule has 4 nitrogen and oxygen atoms in total. The van der Waals surface area contributed by atoms with Crippen molar-refractivity contribution in [2.24, 2.45) is 0 Å². The highest BCUT2D eigenvalue weighted by atomic mass is 19.4. The molecule has 0 aliphatic rings. The summed E-state index contributed by atoms with van der Waals surface area (Å²) in [4.78, 5) is 0. The number of aryl methyl sites for hydroxylation is 1. The molecule has 1 aromatic heterocycles. The first-order valence-electron chi connectivity index (χ1n) is 6.28. The second-order valence-electron chi connectivity index (χ2n) is 4.66. The zero-order chi connectivity index (χ0) is 15.6. The number of hydrogen-bond donors (Lipinski definition) is 1. The molecule has 0 bridgehead atoms. The van der Waals surface area contributed by atoms with Gasteiger partial charge in [-0.15, -0.1) is 13.2 Å². The number of benzene rings is 1. The molecule has 0 amide bonds. The Bertz CT molecular complexity index is 618. The van der Waals surface area contributed by atoms with Gasteiger partial charge in [0.2, 0.25) is 0 Å². The van der Waals surface area contributed by atoms with Crippen molar-refractivity contribution in [3.05, 3.63) is 46.8 Å². The van der Waals surface area contributed by atoms with Gasteiger partial charge >= 0.3 is 6.36 Å². The number of nitrogens with zero attached hydrogens (tertiary/aromatic N) is 2. The van der Waals surface area contributed by atoms with Gasteiger partial charge in [-0.3, -0.25) is 4.68 Å². The molecule has 1 aromatic carbocycles. The fourth-order valence-corrected chi connectivity index (χ4v) is 2.09. The fraction of sp³-hybridized carbons (Fsp3) is 0.357. The van der Waals surface area contributed by atoms with Crippen molar-refractivity contribution in [2.45, 2.75) is 33.4 Å². The van der Waals surface area contributed by atoms with E-state index in [0.717, 1.165) is 22.5 Å². The van der Waals surface area contributed by atoms with Gasteiger partial charge in [0.05, 0.1) is 18.8 Å².